The Kier molecular flexibility index (Phi) is 5.32. The highest BCUT2D eigenvalue weighted by atomic mass is 16.5. The van der Waals surface area contributed by atoms with E-state index in [1.165, 1.54) is 6.07 Å². The molecule has 2 aliphatic rings. The van der Waals surface area contributed by atoms with Crippen LogP contribution >= 0.6 is 0 Å². The zero-order valence-electron chi connectivity index (χ0n) is 17.4. The van der Waals surface area contributed by atoms with Gasteiger partial charge in [-0.05, 0) is 18.6 Å². The highest BCUT2D eigenvalue weighted by Crippen LogP contribution is 2.41. The average molecular weight is 410 g/mol. The van der Waals surface area contributed by atoms with Gasteiger partial charge in [0.05, 0.1) is 19.3 Å². The van der Waals surface area contributed by atoms with Gasteiger partial charge in [0.15, 0.2) is 0 Å². The molecule has 8 heteroatoms. The van der Waals surface area contributed by atoms with Crippen molar-refractivity contribution in [3.63, 3.8) is 0 Å². The van der Waals surface area contributed by atoms with Gasteiger partial charge >= 0.3 is 0 Å². The zero-order chi connectivity index (χ0) is 21.4. The largest absolute Gasteiger partial charge is 0.497 e. The lowest BCUT2D eigenvalue weighted by molar-refractivity contribution is -0.141. The van der Waals surface area contributed by atoms with E-state index in [2.05, 4.69) is 4.98 Å². The van der Waals surface area contributed by atoms with Crippen molar-refractivity contribution in [1.29, 1.82) is 0 Å². The van der Waals surface area contributed by atoms with E-state index in [9.17, 15) is 14.4 Å². The maximum Gasteiger partial charge on any atom is 0.251 e. The van der Waals surface area contributed by atoms with Crippen LogP contribution in [0.25, 0.3) is 0 Å². The van der Waals surface area contributed by atoms with E-state index in [1.54, 1.807) is 59.8 Å². The summed E-state index contributed by atoms with van der Waals surface area (Å²) in [5, 5.41) is 0. The monoisotopic (exact) mass is 410 g/mol. The molecule has 0 N–H and O–H groups in total. The maximum atomic E-state index is 13.6. The predicted molar refractivity (Wildman–Crippen MR) is 110 cm³/mol. The minimum atomic E-state index is -0.636. The Morgan fingerprint density at radius 2 is 2.07 bits per heavy atom. The van der Waals surface area contributed by atoms with Crippen molar-refractivity contribution in [3.05, 3.63) is 58.3 Å². The summed E-state index contributed by atoms with van der Waals surface area (Å²) in [6.45, 7) is 2.92. The molecular weight excluding hydrogens is 384 g/mol. The van der Waals surface area contributed by atoms with E-state index in [0.717, 1.165) is 12.1 Å². The van der Waals surface area contributed by atoms with E-state index in [0.29, 0.717) is 31.1 Å². The number of pyridine rings is 2. The van der Waals surface area contributed by atoms with Crippen LogP contribution in [0.5, 0.6) is 5.75 Å². The van der Waals surface area contributed by atoms with Crippen LogP contribution in [0.1, 0.15) is 36.7 Å². The van der Waals surface area contributed by atoms with Crippen LogP contribution in [0.2, 0.25) is 0 Å². The van der Waals surface area contributed by atoms with Crippen LogP contribution in [0, 0.1) is 5.92 Å². The molecule has 2 aromatic rings. The number of amides is 2. The summed E-state index contributed by atoms with van der Waals surface area (Å²) in [4.78, 5) is 46.1. The van der Waals surface area contributed by atoms with Gasteiger partial charge in [-0.25, -0.2) is 0 Å². The third-order valence-electron chi connectivity index (χ3n) is 6.14. The molecule has 2 amide bonds. The summed E-state index contributed by atoms with van der Waals surface area (Å²) in [6, 6.07) is 8.03. The maximum absolute atomic E-state index is 13.6. The SMILES string of the molecule is COc1ccnc(CN(C)C(=O)[C@H]2[C@H]3C[C@H](CN(C(C)=O)C3)c3cccc(=O)n32)c1. The Morgan fingerprint density at radius 3 is 2.80 bits per heavy atom. The molecule has 1 fully saturated rings. The summed E-state index contributed by atoms with van der Waals surface area (Å²) < 4.78 is 6.88. The molecule has 8 nitrogen and oxygen atoms in total. The first kappa shape index (κ1) is 20.1. The topological polar surface area (TPSA) is 84.7 Å². The van der Waals surface area contributed by atoms with Gasteiger partial charge in [0.2, 0.25) is 11.8 Å². The molecule has 4 heterocycles. The van der Waals surface area contributed by atoms with Gasteiger partial charge in [0.1, 0.15) is 11.8 Å². The van der Waals surface area contributed by atoms with Crippen LogP contribution in [0.15, 0.2) is 41.3 Å². The first-order chi connectivity index (χ1) is 14.4. The second kappa shape index (κ2) is 7.93. The number of hydrogen-bond acceptors (Lipinski definition) is 5. The van der Waals surface area contributed by atoms with E-state index in [4.69, 9.17) is 4.74 Å². The summed E-state index contributed by atoms with van der Waals surface area (Å²) in [6.07, 6.45) is 2.43. The smallest absolute Gasteiger partial charge is 0.251 e. The molecule has 2 aliphatic heterocycles. The Morgan fingerprint density at radius 1 is 1.27 bits per heavy atom. The fourth-order valence-corrected chi connectivity index (χ4v) is 4.72. The van der Waals surface area contributed by atoms with Crippen LogP contribution in [0.3, 0.4) is 0 Å². The van der Waals surface area contributed by atoms with Gasteiger partial charge in [0, 0.05) is 62.9 Å². The molecule has 2 aromatic heterocycles. The molecule has 1 saturated heterocycles. The van der Waals surface area contributed by atoms with Crippen LogP contribution in [-0.4, -0.2) is 58.4 Å². The van der Waals surface area contributed by atoms with Gasteiger partial charge in [-0.15, -0.1) is 0 Å². The third kappa shape index (κ3) is 3.58. The third-order valence-corrected chi connectivity index (χ3v) is 6.14. The molecule has 30 heavy (non-hydrogen) atoms. The van der Waals surface area contributed by atoms with Gasteiger partial charge in [-0.1, -0.05) is 6.07 Å². The van der Waals surface area contributed by atoms with Gasteiger partial charge < -0.3 is 14.5 Å². The second-order valence-electron chi connectivity index (χ2n) is 8.10. The van der Waals surface area contributed by atoms with Crippen LogP contribution < -0.4 is 10.3 Å². The van der Waals surface area contributed by atoms with E-state index in [1.807, 2.05) is 6.07 Å². The fourth-order valence-electron chi connectivity index (χ4n) is 4.72. The summed E-state index contributed by atoms with van der Waals surface area (Å²) in [5.74, 6) is 0.483. The normalized spacial score (nSPS) is 22.2. The molecule has 158 valence electrons. The van der Waals surface area contributed by atoms with Crippen LogP contribution in [-0.2, 0) is 16.1 Å². The number of hydrogen-bond donors (Lipinski definition) is 0. The van der Waals surface area contributed by atoms with Crippen molar-refractivity contribution >= 4 is 11.8 Å². The zero-order valence-corrected chi connectivity index (χ0v) is 17.4. The Bertz CT molecular complexity index is 1030. The number of likely N-dealkylation sites (N-methyl/N-ethyl adjacent to an activating group) is 1. The Labute approximate surface area is 175 Å². The number of ether oxygens (including phenoxy) is 1. The minimum absolute atomic E-state index is 0.00318. The van der Waals surface area contributed by atoms with E-state index < -0.39 is 6.04 Å². The molecule has 0 radical (unpaired) electrons. The average Bonchev–Trinajstić information content (AvgIpc) is 2.74. The molecule has 0 saturated carbocycles. The number of likely N-dealkylation sites (tertiary alicyclic amines) is 1. The van der Waals surface area contributed by atoms with Gasteiger partial charge in [0.25, 0.3) is 5.56 Å². The molecule has 3 atom stereocenters. The molecule has 4 rings (SSSR count). The second-order valence-corrected chi connectivity index (χ2v) is 8.10. The van der Waals surface area contributed by atoms with Gasteiger partial charge in [-0.3, -0.25) is 23.9 Å². The van der Waals surface area contributed by atoms with Crippen molar-refractivity contribution in [2.75, 3.05) is 27.2 Å². The number of aromatic nitrogens is 2. The first-order valence-corrected chi connectivity index (χ1v) is 10.1. The number of piperidine rings is 1. The van der Waals surface area contributed by atoms with E-state index >= 15 is 0 Å². The quantitative estimate of drug-likeness (QED) is 0.761. The predicted octanol–water partition coefficient (Wildman–Crippen LogP) is 1.42. The molecule has 2 bridgehead atoms. The number of nitrogens with zero attached hydrogens (tertiary/aromatic N) is 4. The summed E-state index contributed by atoms with van der Waals surface area (Å²) >= 11 is 0. The van der Waals surface area contributed by atoms with Crippen molar-refractivity contribution in [3.8, 4) is 5.75 Å². The minimum Gasteiger partial charge on any atom is -0.497 e. The van der Waals surface area contributed by atoms with E-state index in [-0.39, 0.29) is 29.2 Å². The van der Waals surface area contributed by atoms with Crippen LogP contribution in [0.4, 0.5) is 0 Å². The van der Waals surface area contributed by atoms with Crippen molar-refractivity contribution in [1.82, 2.24) is 19.4 Å². The number of methoxy groups -OCH3 is 1. The van der Waals surface area contributed by atoms with Crippen molar-refractivity contribution < 1.29 is 14.3 Å². The van der Waals surface area contributed by atoms with Crippen molar-refractivity contribution in [2.24, 2.45) is 5.92 Å². The number of rotatable bonds is 4. The first-order valence-electron chi connectivity index (χ1n) is 10.1. The molecule has 0 aliphatic carbocycles. The lowest BCUT2D eigenvalue weighted by atomic mass is 9.78. The lowest BCUT2D eigenvalue weighted by Gasteiger charge is -2.46. The number of carbonyl (C=O) groups is 2. The standard InChI is InChI=1S/C22H26N4O4/c1-14(27)25-11-15-9-16(12-25)21(26-19(15)5-4-6-20(26)28)22(29)24(2)13-17-10-18(30-3)7-8-23-17/h4-8,10,15-16,21H,9,11-13H2,1-3H3/t15-,16+,21-/m1/s1. The van der Waals surface area contributed by atoms with Crippen molar-refractivity contribution in [2.45, 2.75) is 31.8 Å². The Hall–Kier alpha value is -3.16. The molecule has 0 aromatic carbocycles. The number of carbonyl (C=O) groups excluding carboxylic acids is 2. The Balaban J connectivity index is 1.67. The number of fused-ring (bicyclic) bond motifs is 4. The highest BCUT2D eigenvalue weighted by Gasteiger charge is 2.45. The summed E-state index contributed by atoms with van der Waals surface area (Å²) in [7, 11) is 3.30. The molecular formula is C22H26N4O4. The summed E-state index contributed by atoms with van der Waals surface area (Å²) in [5.41, 5.74) is 1.36. The highest BCUT2D eigenvalue weighted by molar-refractivity contribution is 5.81. The van der Waals surface area contributed by atoms with Gasteiger partial charge in [-0.2, -0.15) is 0 Å². The molecule has 0 spiro atoms. The molecule has 0 unspecified atom stereocenters. The fraction of sp³-hybridized carbons (Fsp3) is 0.455. The lowest BCUT2D eigenvalue weighted by Crippen LogP contribution is -2.54.